The van der Waals surface area contributed by atoms with Crippen molar-refractivity contribution >= 4 is 0 Å². The molecule has 0 aromatic heterocycles. The number of ether oxygens (including phenoxy) is 2. The van der Waals surface area contributed by atoms with Crippen molar-refractivity contribution in [3.05, 3.63) is 35.8 Å². The van der Waals surface area contributed by atoms with Crippen molar-refractivity contribution in [3.8, 4) is 0 Å². The first-order chi connectivity index (χ1) is 5.91. The largest absolute Gasteiger partial charge is 0.585 e. The number of alkyl halides is 2. The summed E-state index contributed by atoms with van der Waals surface area (Å²) >= 11 is 0. The van der Waals surface area contributed by atoms with Gasteiger partial charge in [-0.1, -0.05) is 18.2 Å². The van der Waals surface area contributed by atoms with Crippen LogP contribution in [0.25, 0.3) is 0 Å². The van der Waals surface area contributed by atoms with E-state index in [0.717, 1.165) is 5.57 Å². The molecule has 72 valence electrons. The Kier molecular flexibility index (Phi) is 2.40. The van der Waals surface area contributed by atoms with E-state index < -0.39 is 6.29 Å². The number of rotatable bonds is 2. The Hall–Kier alpha value is -1.32. The van der Waals surface area contributed by atoms with Crippen LogP contribution in [0.2, 0.25) is 0 Å². The van der Waals surface area contributed by atoms with Gasteiger partial charge in [0, 0.05) is 0 Å². The van der Waals surface area contributed by atoms with Crippen molar-refractivity contribution < 1.29 is 18.3 Å². The van der Waals surface area contributed by atoms with E-state index in [4.69, 9.17) is 0 Å². The number of halogens is 2. The summed E-state index contributed by atoms with van der Waals surface area (Å²) in [6, 6.07) is 0. The van der Waals surface area contributed by atoms with Gasteiger partial charge in [-0.05, 0) is 19.9 Å². The molecular formula is C9H10F2O2. The van der Waals surface area contributed by atoms with E-state index in [1.165, 1.54) is 13.0 Å². The minimum Gasteiger partial charge on any atom is -0.400 e. The molecule has 4 heteroatoms. The summed E-state index contributed by atoms with van der Waals surface area (Å²) in [7, 11) is 0. The second-order valence-electron chi connectivity index (χ2n) is 2.77. The van der Waals surface area contributed by atoms with Crippen LogP contribution in [-0.4, -0.2) is 6.29 Å². The minimum atomic E-state index is -3.53. The van der Waals surface area contributed by atoms with E-state index in [9.17, 15) is 8.78 Å². The van der Waals surface area contributed by atoms with E-state index in [-0.39, 0.29) is 11.5 Å². The van der Waals surface area contributed by atoms with E-state index in [2.05, 4.69) is 16.1 Å². The molecule has 0 radical (unpaired) electrons. The van der Waals surface area contributed by atoms with Gasteiger partial charge < -0.3 is 9.47 Å². The Balaban J connectivity index is 2.72. The van der Waals surface area contributed by atoms with Crippen LogP contribution in [0.5, 0.6) is 0 Å². The fourth-order valence-corrected chi connectivity index (χ4v) is 0.819. The fraction of sp³-hybridized carbons (Fsp3) is 0.333. The third-order valence-corrected chi connectivity index (χ3v) is 1.37. The van der Waals surface area contributed by atoms with Gasteiger partial charge in [0.15, 0.2) is 5.76 Å². The Bertz CT molecular complexity index is 290. The summed E-state index contributed by atoms with van der Waals surface area (Å²) in [5.74, 6) is 0.107. The van der Waals surface area contributed by atoms with Gasteiger partial charge in [0.25, 0.3) is 0 Å². The second kappa shape index (κ2) is 3.20. The predicted octanol–water partition coefficient (Wildman–Crippen LogP) is 2.95. The van der Waals surface area contributed by atoms with Crippen molar-refractivity contribution in [2.75, 3.05) is 0 Å². The second-order valence-corrected chi connectivity index (χ2v) is 2.77. The smallest absolute Gasteiger partial charge is 0.400 e. The monoisotopic (exact) mass is 188 g/mol. The Morgan fingerprint density at radius 1 is 1.46 bits per heavy atom. The molecule has 0 aromatic rings. The first-order valence-electron chi connectivity index (χ1n) is 3.71. The molecule has 0 saturated heterocycles. The summed E-state index contributed by atoms with van der Waals surface area (Å²) in [5, 5.41) is 0. The minimum absolute atomic E-state index is 0.0352. The topological polar surface area (TPSA) is 18.5 Å². The molecule has 0 spiro atoms. The van der Waals surface area contributed by atoms with Gasteiger partial charge in [0.1, 0.15) is 5.76 Å². The van der Waals surface area contributed by atoms with Gasteiger partial charge >= 0.3 is 6.29 Å². The normalized spacial score (nSPS) is 20.3. The average Bonchev–Trinajstić information content (AvgIpc) is 2.20. The molecule has 0 amide bonds. The third-order valence-electron chi connectivity index (χ3n) is 1.37. The van der Waals surface area contributed by atoms with E-state index >= 15 is 0 Å². The predicted molar refractivity (Wildman–Crippen MR) is 43.8 cm³/mol. The van der Waals surface area contributed by atoms with E-state index in [1.54, 1.807) is 13.0 Å². The van der Waals surface area contributed by atoms with Gasteiger partial charge in [-0.3, -0.25) is 0 Å². The lowest BCUT2D eigenvalue weighted by Crippen LogP contribution is -2.16. The van der Waals surface area contributed by atoms with Gasteiger partial charge in [-0.25, -0.2) is 0 Å². The molecule has 1 heterocycles. The van der Waals surface area contributed by atoms with E-state index in [1.807, 2.05) is 0 Å². The lowest BCUT2D eigenvalue weighted by atomic mass is 10.3. The lowest BCUT2D eigenvalue weighted by molar-refractivity contribution is -0.336. The Morgan fingerprint density at radius 3 is 2.46 bits per heavy atom. The van der Waals surface area contributed by atoms with Crippen molar-refractivity contribution in [3.63, 3.8) is 0 Å². The van der Waals surface area contributed by atoms with Crippen molar-refractivity contribution in [1.29, 1.82) is 0 Å². The Labute approximate surface area is 75.1 Å². The molecule has 0 atom stereocenters. The zero-order valence-corrected chi connectivity index (χ0v) is 7.43. The molecule has 0 aromatic carbocycles. The molecule has 1 aliphatic heterocycles. The van der Waals surface area contributed by atoms with Gasteiger partial charge in [0.2, 0.25) is 0 Å². The molecule has 0 N–H and O–H groups in total. The highest BCUT2D eigenvalue weighted by Crippen LogP contribution is 2.33. The molecule has 0 unspecified atom stereocenters. The summed E-state index contributed by atoms with van der Waals surface area (Å²) < 4.78 is 33.2. The van der Waals surface area contributed by atoms with Gasteiger partial charge in [-0.2, -0.15) is 0 Å². The molecule has 0 bridgehead atoms. The maximum atomic E-state index is 12.4. The number of allylic oxidation sites excluding steroid dienone is 4. The highest BCUT2D eigenvalue weighted by molar-refractivity contribution is 5.24. The van der Waals surface area contributed by atoms with Crippen molar-refractivity contribution in [2.45, 2.75) is 20.1 Å². The Morgan fingerprint density at radius 2 is 2.08 bits per heavy atom. The lowest BCUT2D eigenvalue weighted by Gasteiger charge is -2.06. The molecule has 1 rings (SSSR count). The van der Waals surface area contributed by atoms with Crippen LogP contribution in [0.4, 0.5) is 8.78 Å². The zero-order valence-electron chi connectivity index (χ0n) is 7.43. The SMILES string of the molecule is C=C(C)/C=C\C1=C(C)OC(F)(F)O1. The third kappa shape index (κ3) is 2.57. The van der Waals surface area contributed by atoms with Crippen LogP contribution in [0.1, 0.15) is 13.8 Å². The highest BCUT2D eigenvalue weighted by Gasteiger charge is 2.42. The summed E-state index contributed by atoms with van der Waals surface area (Å²) in [6.07, 6.45) is -0.555. The molecule has 1 aliphatic rings. The summed E-state index contributed by atoms with van der Waals surface area (Å²) in [6.45, 7) is 6.75. The van der Waals surface area contributed by atoms with Crippen LogP contribution in [0, 0.1) is 0 Å². The van der Waals surface area contributed by atoms with Crippen LogP contribution in [0.3, 0.4) is 0 Å². The summed E-state index contributed by atoms with van der Waals surface area (Å²) in [4.78, 5) is 0. The van der Waals surface area contributed by atoms with Crippen LogP contribution in [0.15, 0.2) is 35.8 Å². The zero-order chi connectivity index (χ0) is 10.1. The van der Waals surface area contributed by atoms with Crippen molar-refractivity contribution in [1.82, 2.24) is 0 Å². The van der Waals surface area contributed by atoms with E-state index in [0.29, 0.717) is 0 Å². The molecule has 0 saturated carbocycles. The number of hydrogen-bond donors (Lipinski definition) is 0. The molecular weight excluding hydrogens is 178 g/mol. The molecule has 0 aliphatic carbocycles. The summed E-state index contributed by atoms with van der Waals surface area (Å²) in [5.41, 5.74) is 0.749. The molecule has 2 nitrogen and oxygen atoms in total. The maximum Gasteiger partial charge on any atom is 0.585 e. The van der Waals surface area contributed by atoms with Crippen LogP contribution >= 0.6 is 0 Å². The fourth-order valence-electron chi connectivity index (χ4n) is 0.819. The van der Waals surface area contributed by atoms with Crippen LogP contribution < -0.4 is 0 Å². The number of hydrogen-bond acceptors (Lipinski definition) is 2. The first-order valence-corrected chi connectivity index (χ1v) is 3.71. The maximum absolute atomic E-state index is 12.4. The van der Waals surface area contributed by atoms with Gasteiger partial charge in [-0.15, -0.1) is 8.78 Å². The van der Waals surface area contributed by atoms with Crippen molar-refractivity contribution in [2.24, 2.45) is 0 Å². The average molecular weight is 188 g/mol. The molecule has 13 heavy (non-hydrogen) atoms. The first kappa shape index (κ1) is 9.77. The van der Waals surface area contributed by atoms with Crippen LogP contribution in [-0.2, 0) is 9.47 Å². The quantitative estimate of drug-likeness (QED) is 0.620. The highest BCUT2D eigenvalue weighted by atomic mass is 19.3. The van der Waals surface area contributed by atoms with Gasteiger partial charge in [0.05, 0.1) is 0 Å². The standard InChI is InChI=1S/C9H10F2O2/c1-6(2)4-5-8-7(3)12-9(10,11)13-8/h4-5H,1H2,2-3H3/b5-4-. The molecule has 0 fully saturated rings.